The lowest BCUT2D eigenvalue weighted by atomic mass is 9.99. The zero-order valence-corrected chi connectivity index (χ0v) is 7.62. The van der Waals surface area contributed by atoms with Crippen molar-refractivity contribution in [2.75, 3.05) is 11.5 Å². The van der Waals surface area contributed by atoms with Crippen molar-refractivity contribution >= 4 is 11.4 Å². The van der Waals surface area contributed by atoms with Crippen LogP contribution in [0.25, 0.3) is 0 Å². The number of hydrogen-bond acceptors (Lipinski definition) is 2. The zero-order valence-electron chi connectivity index (χ0n) is 7.62. The molecular weight excluding hydrogens is 172 g/mol. The largest absolute Gasteiger partial charge is 0.398 e. The first-order chi connectivity index (χ1) is 6.79. The molecule has 3 rings (SSSR count). The van der Waals surface area contributed by atoms with Crippen LogP contribution in [-0.4, -0.2) is 0 Å². The van der Waals surface area contributed by atoms with Gasteiger partial charge in [0.2, 0.25) is 0 Å². The minimum absolute atomic E-state index is 0.834. The van der Waals surface area contributed by atoms with Gasteiger partial charge in [-0.15, -0.1) is 0 Å². The number of benzene rings is 2. The van der Waals surface area contributed by atoms with Gasteiger partial charge < -0.3 is 11.5 Å². The van der Waals surface area contributed by atoms with Gasteiger partial charge in [0, 0.05) is 21.8 Å². The molecule has 0 amide bonds. The molecule has 2 heteroatoms. The highest BCUT2D eigenvalue weighted by Crippen LogP contribution is 2.21. The van der Waals surface area contributed by atoms with Gasteiger partial charge in [0.1, 0.15) is 0 Å². The van der Waals surface area contributed by atoms with Gasteiger partial charge in [-0.3, -0.25) is 0 Å². The van der Waals surface area contributed by atoms with Crippen molar-refractivity contribution in [2.45, 2.75) is 0 Å². The summed E-state index contributed by atoms with van der Waals surface area (Å²) in [4.78, 5) is 0. The molecule has 0 saturated heterocycles. The topological polar surface area (TPSA) is 52.0 Å². The number of hydrogen-bond donors (Lipinski definition) is 2. The van der Waals surface area contributed by atoms with Crippen molar-refractivity contribution in [1.82, 2.24) is 0 Å². The lowest BCUT2D eigenvalue weighted by molar-refractivity contribution is 1.29. The maximum Gasteiger partial charge on any atom is 0.0400 e. The van der Waals surface area contributed by atoms with Crippen molar-refractivity contribution in [3.05, 3.63) is 57.3 Å². The Morgan fingerprint density at radius 1 is 0.643 bits per heavy atom. The highest BCUT2D eigenvalue weighted by Gasteiger charge is 2.06. The molecule has 0 fully saturated rings. The Balaban J connectivity index is 2.72. The standard InChI is InChI=1S/C12H10N2/c13-9-5-1-3-7-11(9)8-4-2-6-10(14)12(7)8/h1-6H,13-14H2. The molecule has 0 radical (unpaired) electrons. The first-order valence-electron chi connectivity index (χ1n) is 4.57. The molecule has 2 aromatic rings. The molecule has 1 aliphatic rings. The second-order valence-corrected chi connectivity index (χ2v) is 3.54. The molecule has 2 aromatic carbocycles. The van der Waals surface area contributed by atoms with Crippen molar-refractivity contribution < 1.29 is 0 Å². The second kappa shape index (κ2) is 2.29. The Hall–Kier alpha value is -1.96. The predicted molar refractivity (Wildman–Crippen MR) is 57.1 cm³/mol. The summed E-state index contributed by atoms with van der Waals surface area (Å²) in [6, 6.07) is 11.9. The van der Waals surface area contributed by atoms with E-state index < -0.39 is 0 Å². The van der Waals surface area contributed by atoms with Gasteiger partial charge in [0.25, 0.3) is 0 Å². The molecule has 0 atom stereocenters. The summed E-state index contributed by atoms with van der Waals surface area (Å²) in [6.07, 6.45) is 0. The molecule has 0 aromatic heterocycles. The number of fused-ring (bicyclic) bond motifs is 2. The maximum atomic E-state index is 5.90. The number of rotatable bonds is 0. The Kier molecular flexibility index (Phi) is 1.22. The number of nitrogen functional groups attached to an aromatic ring is 2. The third-order valence-electron chi connectivity index (χ3n) is 2.73. The van der Waals surface area contributed by atoms with E-state index in [9.17, 15) is 0 Å². The van der Waals surface area contributed by atoms with Crippen LogP contribution in [0, 0.1) is 20.9 Å². The predicted octanol–water partition coefficient (Wildman–Crippen LogP) is 1.74. The average Bonchev–Trinajstić information content (AvgIpc) is 2.13. The summed E-state index contributed by atoms with van der Waals surface area (Å²) in [5.74, 6) is 0. The van der Waals surface area contributed by atoms with Crippen molar-refractivity contribution in [3.63, 3.8) is 0 Å². The lowest BCUT2D eigenvalue weighted by Crippen LogP contribution is -2.00. The van der Waals surface area contributed by atoms with Crippen LogP contribution >= 0.6 is 0 Å². The zero-order chi connectivity index (χ0) is 9.71. The molecule has 0 bridgehead atoms. The molecule has 2 nitrogen and oxygen atoms in total. The van der Waals surface area contributed by atoms with Gasteiger partial charge in [-0.05, 0) is 22.6 Å². The molecular formula is C12H10N2. The molecule has 4 N–H and O–H groups in total. The fraction of sp³-hybridized carbons (Fsp3) is 0. The summed E-state index contributed by atoms with van der Waals surface area (Å²) in [6.45, 7) is 0. The van der Waals surface area contributed by atoms with Crippen LogP contribution in [0.2, 0.25) is 0 Å². The van der Waals surface area contributed by atoms with E-state index in [0.717, 1.165) is 21.8 Å². The van der Waals surface area contributed by atoms with Gasteiger partial charge in [-0.1, -0.05) is 24.3 Å². The van der Waals surface area contributed by atoms with Crippen LogP contribution in [0.1, 0.15) is 0 Å². The Labute approximate surface area is 80.8 Å². The van der Waals surface area contributed by atoms with Crippen LogP contribution in [0.3, 0.4) is 0 Å². The van der Waals surface area contributed by atoms with E-state index in [1.165, 1.54) is 10.4 Å². The fourth-order valence-corrected chi connectivity index (χ4v) is 2.10. The summed E-state index contributed by atoms with van der Waals surface area (Å²) < 4.78 is 0. The van der Waals surface area contributed by atoms with Crippen molar-refractivity contribution in [1.29, 1.82) is 0 Å². The van der Waals surface area contributed by atoms with Crippen LogP contribution < -0.4 is 11.5 Å². The van der Waals surface area contributed by atoms with Gasteiger partial charge in [-0.2, -0.15) is 0 Å². The summed E-state index contributed by atoms with van der Waals surface area (Å²) in [7, 11) is 0. The van der Waals surface area contributed by atoms with Gasteiger partial charge in [0.15, 0.2) is 0 Å². The highest BCUT2D eigenvalue weighted by molar-refractivity contribution is 5.53. The molecule has 0 saturated carbocycles. The molecule has 0 spiro atoms. The maximum absolute atomic E-state index is 5.90. The van der Waals surface area contributed by atoms with E-state index in [1.807, 2.05) is 24.3 Å². The third-order valence-corrected chi connectivity index (χ3v) is 2.73. The normalized spacial score (nSPS) is 11.4. The van der Waals surface area contributed by atoms with Gasteiger partial charge >= 0.3 is 0 Å². The van der Waals surface area contributed by atoms with Crippen LogP contribution in [0.5, 0.6) is 0 Å². The molecule has 68 valence electrons. The Bertz CT molecular complexity index is 616. The first kappa shape index (κ1) is 7.44. The summed E-state index contributed by atoms with van der Waals surface area (Å²) in [5, 5.41) is 4.65. The molecule has 14 heavy (non-hydrogen) atoms. The second-order valence-electron chi connectivity index (χ2n) is 3.54. The molecule has 0 unspecified atom stereocenters. The van der Waals surface area contributed by atoms with E-state index in [2.05, 4.69) is 12.1 Å². The summed E-state index contributed by atoms with van der Waals surface area (Å²) >= 11 is 0. The van der Waals surface area contributed by atoms with Crippen LogP contribution in [-0.2, 0) is 0 Å². The van der Waals surface area contributed by atoms with E-state index in [4.69, 9.17) is 11.5 Å². The van der Waals surface area contributed by atoms with E-state index >= 15 is 0 Å². The van der Waals surface area contributed by atoms with Crippen LogP contribution in [0.15, 0.2) is 36.4 Å². The number of anilines is 2. The third kappa shape index (κ3) is 0.708. The minimum Gasteiger partial charge on any atom is -0.398 e. The van der Waals surface area contributed by atoms with Gasteiger partial charge in [-0.25, -0.2) is 0 Å². The molecule has 0 aliphatic heterocycles. The molecule has 1 aliphatic carbocycles. The monoisotopic (exact) mass is 182 g/mol. The van der Waals surface area contributed by atoms with Crippen LogP contribution in [0.4, 0.5) is 11.4 Å². The fourth-order valence-electron chi connectivity index (χ4n) is 2.10. The Morgan fingerprint density at radius 3 is 1.50 bits per heavy atom. The smallest absolute Gasteiger partial charge is 0.0400 e. The van der Waals surface area contributed by atoms with E-state index in [0.29, 0.717) is 0 Å². The summed E-state index contributed by atoms with van der Waals surface area (Å²) in [5.41, 5.74) is 13.5. The Morgan fingerprint density at radius 2 is 1.07 bits per heavy atom. The van der Waals surface area contributed by atoms with E-state index in [-0.39, 0.29) is 0 Å². The highest BCUT2D eigenvalue weighted by atomic mass is 14.6. The first-order valence-corrected chi connectivity index (χ1v) is 4.57. The quantitative estimate of drug-likeness (QED) is 0.520. The van der Waals surface area contributed by atoms with Crippen molar-refractivity contribution in [2.24, 2.45) is 0 Å². The lowest BCUT2D eigenvalue weighted by Gasteiger charge is -2.08. The average molecular weight is 182 g/mol. The SMILES string of the molecule is Nc1cccc2c1=c1cccc(N)c1=2. The van der Waals surface area contributed by atoms with E-state index in [1.54, 1.807) is 0 Å². The molecule has 0 heterocycles. The van der Waals surface area contributed by atoms with Crippen molar-refractivity contribution in [3.8, 4) is 0 Å². The number of nitrogens with two attached hydrogens (primary N) is 2. The van der Waals surface area contributed by atoms with Gasteiger partial charge in [0.05, 0.1) is 0 Å². The minimum atomic E-state index is 0.834.